The minimum Gasteiger partial charge on any atom is -0.311 e. The molecule has 0 unspecified atom stereocenters. The van der Waals surface area contributed by atoms with Crippen LogP contribution in [-0.2, 0) is 16.2 Å². The lowest BCUT2D eigenvalue weighted by Gasteiger charge is -2.28. The van der Waals surface area contributed by atoms with E-state index in [-0.39, 0.29) is 16.2 Å². The molecule has 0 saturated carbocycles. The number of para-hydroxylation sites is 1. The van der Waals surface area contributed by atoms with E-state index in [0.29, 0.717) is 0 Å². The van der Waals surface area contributed by atoms with Crippen molar-refractivity contribution in [3.8, 4) is 66.8 Å². The van der Waals surface area contributed by atoms with Gasteiger partial charge in [0.2, 0.25) is 0 Å². The van der Waals surface area contributed by atoms with E-state index >= 15 is 0 Å². The molecular weight excluding hydrogens is 1300 g/mol. The number of hydrogen-bond donors (Lipinski definition) is 0. The van der Waals surface area contributed by atoms with E-state index in [1.807, 2.05) is 0 Å². The summed E-state index contributed by atoms with van der Waals surface area (Å²) in [5.74, 6) is 0. The molecule has 15 aromatic carbocycles. The van der Waals surface area contributed by atoms with Gasteiger partial charge in [-0.25, -0.2) is 0 Å². The third-order valence-electron chi connectivity index (χ3n) is 21.7. The maximum atomic E-state index is 2.35. The second-order valence-electron chi connectivity index (χ2n) is 29.8. The number of rotatable bonds is 21. The predicted octanol–water partition coefficient (Wildman–Crippen LogP) is 30.5. The summed E-state index contributed by atoms with van der Waals surface area (Å²) in [6.07, 6.45) is 3.34. The van der Waals surface area contributed by atoms with E-state index in [1.54, 1.807) is 0 Å². The van der Waals surface area contributed by atoms with Gasteiger partial charge in [-0.3, -0.25) is 0 Å². The first-order valence-electron chi connectivity index (χ1n) is 38.3. The Morgan fingerprint density at radius 1 is 0.157 bits per heavy atom. The van der Waals surface area contributed by atoms with Gasteiger partial charge in [-0.05, 0) is 228 Å². The monoisotopic (exact) mass is 1400 g/mol. The second-order valence-corrected chi connectivity index (χ2v) is 29.8. The highest BCUT2D eigenvalue weighted by molar-refractivity contribution is 5.84. The summed E-state index contributed by atoms with van der Waals surface area (Å²) in [5, 5.41) is 0. The van der Waals surface area contributed by atoms with Gasteiger partial charge in [0.25, 0.3) is 0 Å². The zero-order valence-electron chi connectivity index (χ0n) is 64.1. The summed E-state index contributed by atoms with van der Waals surface area (Å²) >= 11 is 0. The van der Waals surface area contributed by atoms with Crippen molar-refractivity contribution in [2.45, 2.75) is 97.8 Å². The molecule has 0 amide bonds. The van der Waals surface area contributed by atoms with Crippen LogP contribution in [0.25, 0.3) is 66.8 Å². The Hall–Kier alpha value is -12.3. The van der Waals surface area contributed by atoms with Gasteiger partial charge >= 0.3 is 0 Å². The number of anilines is 9. The fraction of sp³-hybridized carbons (Fsp3) is 0.143. The quantitative estimate of drug-likeness (QED) is 0.0710. The minimum atomic E-state index is 0.165. The fourth-order valence-corrected chi connectivity index (χ4v) is 13.8. The van der Waals surface area contributed by atoms with Gasteiger partial charge in [-0.1, -0.05) is 353 Å². The molecule has 108 heavy (non-hydrogen) atoms. The summed E-state index contributed by atoms with van der Waals surface area (Å²) < 4.78 is 0. The van der Waals surface area contributed by atoms with E-state index in [4.69, 9.17) is 0 Å². The molecule has 0 aromatic heterocycles. The van der Waals surface area contributed by atoms with E-state index in [1.165, 1.54) is 89.1 Å². The predicted molar refractivity (Wildman–Crippen MR) is 466 cm³/mol. The lowest BCUT2D eigenvalue weighted by atomic mass is 9.82. The highest BCUT2D eigenvalue weighted by Crippen LogP contribution is 2.43. The van der Waals surface area contributed by atoms with Gasteiger partial charge < -0.3 is 14.7 Å². The lowest BCUT2D eigenvalue weighted by Crippen LogP contribution is -2.16. The molecule has 0 spiro atoms. The zero-order valence-corrected chi connectivity index (χ0v) is 64.1. The van der Waals surface area contributed by atoms with Crippen LogP contribution in [0.4, 0.5) is 51.2 Å². The molecule has 0 N–H and O–H groups in total. The zero-order chi connectivity index (χ0) is 74.9. The summed E-state index contributed by atoms with van der Waals surface area (Å²) in [7, 11) is 0. The molecule has 0 fully saturated rings. The maximum absolute atomic E-state index is 2.35. The van der Waals surface area contributed by atoms with Crippen LogP contribution in [0.2, 0.25) is 0 Å². The Labute approximate surface area is 643 Å². The lowest BCUT2D eigenvalue weighted by molar-refractivity contribution is 0.506. The first-order chi connectivity index (χ1) is 52.6. The van der Waals surface area contributed by atoms with E-state index < -0.39 is 0 Å². The van der Waals surface area contributed by atoms with Gasteiger partial charge in [0, 0.05) is 51.2 Å². The number of hydrogen-bond acceptors (Lipinski definition) is 3. The van der Waals surface area contributed by atoms with Crippen molar-refractivity contribution in [3.05, 3.63) is 417 Å². The van der Waals surface area contributed by atoms with Gasteiger partial charge in [0.1, 0.15) is 0 Å². The summed E-state index contributed by atoms with van der Waals surface area (Å²) in [5.41, 5.74) is 29.6. The SMILES string of the molecule is CCC(C)(C)c1ccc(-c2cccc(N(c3ccc(-c4ccccc4)cc3)c3ccc(-c4ccccc4)cc3)c2)cc1.CCC(C)(C)c1ccc(N(c2ccc(-c3ccccc3)cc2)c2ccc(-c3ccccc3)cc2)cc1.CCC(C)(C)c1ccc(N(c2ccccc2)c2ccc(-c3ccccc3)cc2)cc1. The Morgan fingerprint density at radius 2 is 0.315 bits per heavy atom. The molecule has 0 aliphatic carbocycles. The average Bonchev–Trinajstić information content (AvgIpc) is 0.797. The third kappa shape index (κ3) is 17.8. The molecule has 0 radical (unpaired) electrons. The second kappa shape index (κ2) is 34.3. The van der Waals surface area contributed by atoms with Crippen molar-refractivity contribution in [2.75, 3.05) is 14.7 Å². The van der Waals surface area contributed by atoms with E-state index in [9.17, 15) is 0 Å². The van der Waals surface area contributed by atoms with Crippen molar-refractivity contribution in [2.24, 2.45) is 0 Å². The number of nitrogens with zero attached hydrogens (tertiary/aromatic N) is 3. The molecule has 0 heterocycles. The Kier molecular flexibility index (Phi) is 23.5. The van der Waals surface area contributed by atoms with Gasteiger partial charge in [0.15, 0.2) is 0 Å². The molecule has 0 saturated heterocycles. The van der Waals surface area contributed by atoms with Crippen molar-refractivity contribution in [1.29, 1.82) is 0 Å². The first-order valence-corrected chi connectivity index (χ1v) is 38.3. The molecule has 0 atom stereocenters. The third-order valence-corrected chi connectivity index (χ3v) is 21.7. The van der Waals surface area contributed by atoms with Crippen LogP contribution < -0.4 is 14.7 Å². The van der Waals surface area contributed by atoms with Crippen LogP contribution in [0.3, 0.4) is 0 Å². The van der Waals surface area contributed by atoms with Crippen molar-refractivity contribution in [3.63, 3.8) is 0 Å². The smallest absolute Gasteiger partial charge is 0.0467 e. The molecule has 0 aliphatic rings. The van der Waals surface area contributed by atoms with E-state index in [0.717, 1.165) is 64.8 Å². The first kappa shape index (κ1) is 74.0. The standard InChI is InChI=1S/C41H37N.C35H33N.C29H29N/c1-4-41(2,3)37-24-18-35(19-25-37)36-16-11-17-40(30-36)42(38-26-20-33(21-27-38)31-12-7-5-8-13-31)39-28-22-34(23-29-39)32-14-9-6-10-15-32;1-4-35(2,3)31-19-25-34(26-20-31)36(32-21-15-29(16-22-32)27-11-7-5-8-12-27)33-23-17-30(18-24-33)28-13-9-6-10-14-28;1-4-29(2,3)25-17-21-28(22-18-25)30(26-13-9-6-10-14-26)27-19-15-24(16-20-27)23-11-7-5-8-12-23/h5-30H,4H2,1-3H3;5-26H,4H2,1-3H3;5-22H,4H2,1-3H3. The van der Waals surface area contributed by atoms with Crippen molar-refractivity contribution >= 4 is 51.2 Å². The Morgan fingerprint density at radius 3 is 0.556 bits per heavy atom. The summed E-state index contributed by atoms with van der Waals surface area (Å²) in [6, 6.07) is 144. The molecule has 3 heteroatoms. The van der Waals surface area contributed by atoms with Crippen LogP contribution in [0.15, 0.2) is 400 Å². The van der Waals surface area contributed by atoms with Crippen LogP contribution in [0, 0.1) is 0 Å². The van der Waals surface area contributed by atoms with Crippen LogP contribution in [0.5, 0.6) is 0 Å². The van der Waals surface area contributed by atoms with Crippen LogP contribution in [-0.4, -0.2) is 0 Å². The van der Waals surface area contributed by atoms with Gasteiger partial charge in [-0.2, -0.15) is 0 Å². The van der Waals surface area contributed by atoms with Crippen molar-refractivity contribution < 1.29 is 0 Å². The summed E-state index contributed by atoms with van der Waals surface area (Å²) in [6.45, 7) is 20.6. The largest absolute Gasteiger partial charge is 0.311 e. The molecule has 3 nitrogen and oxygen atoms in total. The molecule has 15 rings (SSSR count). The molecular formula is C105H99N3. The van der Waals surface area contributed by atoms with Gasteiger partial charge in [-0.15, -0.1) is 0 Å². The highest BCUT2D eigenvalue weighted by atomic mass is 15.2. The number of benzene rings is 15. The Bertz CT molecular complexity index is 5070. The summed E-state index contributed by atoms with van der Waals surface area (Å²) in [4.78, 5) is 7.01. The van der Waals surface area contributed by atoms with Crippen LogP contribution >= 0.6 is 0 Å². The average molecular weight is 1400 g/mol. The van der Waals surface area contributed by atoms with Crippen molar-refractivity contribution in [1.82, 2.24) is 0 Å². The van der Waals surface area contributed by atoms with Crippen LogP contribution in [0.1, 0.15) is 98.3 Å². The molecule has 0 aliphatic heterocycles. The normalized spacial score (nSPS) is 11.3. The Balaban J connectivity index is 0.000000145. The van der Waals surface area contributed by atoms with Gasteiger partial charge in [0.05, 0.1) is 0 Å². The topological polar surface area (TPSA) is 9.72 Å². The maximum Gasteiger partial charge on any atom is 0.0467 e. The minimum absolute atomic E-state index is 0.165. The molecule has 15 aromatic rings. The molecule has 0 bridgehead atoms. The highest BCUT2D eigenvalue weighted by Gasteiger charge is 2.23. The van der Waals surface area contributed by atoms with E-state index in [2.05, 4.69) is 477 Å². The fourth-order valence-electron chi connectivity index (χ4n) is 13.8. The molecule has 534 valence electrons.